The maximum Gasteiger partial charge on any atom is 0.278 e. The largest absolute Gasteiger partial charge is 0.410 e. The van der Waals surface area contributed by atoms with Gasteiger partial charge in [0.25, 0.3) is 5.91 Å². The Labute approximate surface area is 146 Å². The number of halogens is 1. The molecule has 0 bridgehead atoms. The molecule has 0 unspecified atom stereocenters. The Bertz CT molecular complexity index is 836. The van der Waals surface area contributed by atoms with Gasteiger partial charge in [0.2, 0.25) is 10.0 Å². The number of amides is 1. The Kier molecular flexibility index (Phi) is 4.91. The molecule has 1 aromatic carbocycles. The van der Waals surface area contributed by atoms with Crippen LogP contribution in [0.25, 0.3) is 0 Å². The molecule has 1 aromatic rings. The Morgan fingerprint density at radius 2 is 2.00 bits per heavy atom. The highest BCUT2D eigenvalue weighted by Gasteiger charge is 2.36. The number of oxime groups is 1. The van der Waals surface area contributed by atoms with Crippen molar-refractivity contribution < 1.29 is 18.4 Å². The second-order valence-corrected chi connectivity index (χ2v) is 8.05. The standard InChI is InChI=1S/C14H18N4O4S.ClH/c1-17(2)23(21,22)11-6-9-12(15-14(19)13(9)16-20)8-4-5-18(3)7-10(8)11;/h6,20H,4-5,7H2,1-3H3,(H,15,16,19);1H. The second-order valence-electron chi connectivity index (χ2n) is 5.93. The smallest absolute Gasteiger partial charge is 0.278 e. The zero-order valence-electron chi connectivity index (χ0n) is 13.5. The molecule has 2 aliphatic rings. The van der Waals surface area contributed by atoms with Crippen LogP contribution in [-0.2, 0) is 27.8 Å². The van der Waals surface area contributed by atoms with Gasteiger partial charge in [0, 0.05) is 32.7 Å². The number of likely N-dealkylation sites (N-methyl/N-ethyl adjacent to an activating group) is 1. The van der Waals surface area contributed by atoms with Crippen LogP contribution >= 0.6 is 12.4 Å². The lowest BCUT2D eigenvalue weighted by Crippen LogP contribution is -2.31. The van der Waals surface area contributed by atoms with Gasteiger partial charge in [0.15, 0.2) is 5.71 Å². The average Bonchev–Trinajstić information content (AvgIpc) is 2.81. The van der Waals surface area contributed by atoms with Gasteiger partial charge in [-0.05, 0) is 30.7 Å². The van der Waals surface area contributed by atoms with Crippen LogP contribution in [-0.4, -0.2) is 62.1 Å². The summed E-state index contributed by atoms with van der Waals surface area (Å²) in [6.07, 6.45) is 0.615. The third-order valence-corrected chi connectivity index (χ3v) is 6.13. The van der Waals surface area contributed by atoms with E-state index in [9.17, 15) is 13.2 Å². The molecule has 1 amide bonds. The van der Waals surface area contributed by atoms with E-state index in [0.29, 0.717) is 29.8 Å². The first kappa shape index (κ1) is 18.7. The average molecular weight is 375 g/mol. The molecule has 0 aromatic heterocycles. The van der Waals surface area contributed by atoms with Crippen molar-refractivity contribution in [3.8, 4) is 0 Å². The van der Waals surface area contributed by atoms with Gasteiger partial charge < -0.3 is 15.4 Å². The van der Waals surface area contributed by atoms with Crippen molar-refractivity contribution in [1.82, 2.24) is 9.21 Å². The van der Waals surface area contributed by atoms with E-state index in [-0.39, 0.29) is 23.0 Å². The molecule has 0 radical (unpaired) electrons. The fraction of sp³-hybridized carbons (Fsp3) is 0.429. The van der Waals surface area contributed by atoms with Gasteiger partial charge in [-0.15, -0.1) is 12.4 Å². The number of benzene rings is 1. The number of carbonyl (C=O) groups is 1. The topological polar surface area (TPSA) is 102 Å². The summed E-state index contributed by atoms with van der Waals surface area (Å²) in [7, 11) is 1.16. The van der Waals surface area contributed by atoms with Gasteiger partial charge in [-0.1, -0.05) is 5.16 Å². The fourth-order valence-electron chi connectivity index (χ4n) is 3.00. The Morgan fingerprint density at radius 1 is 1.33 bits per heavy atom. The number of hydrogen-bond acceptors (Lipinski definition) is 6. The fourth-order valence-corrected chi connectivity index (χ4v) is 4.16. The van der Waals surface area contributed by atoms with Crippen LogP contribution in [0.1, 0.15) is 16.7 Å². The summed E-state index contributed by atoms with van der Waals surface area (Å²) >= 11 is 0. The normalized spacial score (nSPS) is 19.0. The van der Waals surface area contributed by atoms with Crippen molar-refractivity contribution in [2.75, 3.05) is 33.0 Å². The molecule has 0 atom stereocenters. The Balaban J connectivity index is 0.00000208. The predicted molar refractivity (Wildman–Crippen MR) is 91.6 cm³/mol. The predicted octanol–water partition coefficient (Wildman–Crippen LogP) is 0.477. The van der Waals surface area contributed by atoms with Gasteiger partial charge >= 0.3 is 0 Å². The summed E-state index contributed by atoms with van der Waals surface area (Å²) in [6, 6.07) is 1.43. The summed E-state index contributed by atoms with van der Waals surface area (Å²) < 4.78 is 26.5. The van der Waals surface area contributed by atoms with Crippen LogP contribution in [0.2, 0.25) is 0 Å². The molecule has 132 valence electrons. The molecule has 10 heteroatoms. The van der Waals surface area contributed by atoms with Crippen molar-refractivity contribution in [3.63, 3.8) is 0 Å². The van der Waals surface area contributed by atoms with E-state index in [0.717, 1.165) is 16.4 Å². The lowest BCUT2D eigenvalue weighted by Gasteiger charge is -2.29. The van der Waals surface area contributed by atoms with Crippen LogP contribution in [0.4, 0.5) is 5.69 Å². The van der Waals surface area contributed by atoms with Crippen LogP contribution in [0.5, 0.6) is 0 Å². The van der Waals surface area contributed by atoms with Crippen LogP contribution in [0, 0.1) is 0 Å². The molecular weight excluding hydrogens is 356 g/mol. The first-order chi connectivity index (χ1) is 10.8. The van der Waals surface area contributed by atoms with Gasteiger partial charge in [-0.2, -0.15) is 0 Å². The molecule has 0 saturated heterocycles. The molecule has 2 aliphatic heterocycles. The highest BCUT2D eigenvalue weighted by molar-refractivity contribution is 7.89. The molecule has 2 heterocycles. The third-order valence-electron chi connectivity index (χ3n) is 4.25. The van der Waals surface area contributed by atoms with Crippen LogP contribution in [0.15, 0.2) is 16.1 Å². The number of hydrogen-bond donors (Lipinski definition) is 2. The SMILES string of the molecule is CN1CCc2c(c(S(=O)(=O)N(C)C)cc3c2NC(=O)/C3=N\O)C1.Cl. The van der Waals surface area contributed by atoms with Gasteiger partial charge in [-0.3, -0.25) is 4.79 Å². The minimum absolute atomic E-state index is 0. The quantitative estimate of drug-likeness (QED) is 0.579. The molecule has 2 N–H and O–H groups in total. The summed E-state index contributed by atoms with van der Waals surface area (Å²) in [6.45, 7) is 1.23. The molecule has 0 saturated carbocycles. The zero-order valence-corrected chi connectivity index (χ0v) is 15.2. The molecule has 0 fully saturated rings. The number of carbonyl (C=O) groups excluding carboxylic acids is 1. The third kappa shape index (κ3) is 2.67. The molecule has 0 aliphatic carbocycles. The number of fused-ring (bicyclic) bond motifs is 3. The number of rotatable bonds is 2. The molecule has 24 heavy (non-hydrogen) atoms. The molecule has 0 spiro atoms. The highest BCUT2D eigenvalue weighted by atomic mass is 35.5. The van der Waals surface area contributed by atoms with Crippen molar-refractivity contribution in [1.29, 1.82) is 0 Å². The van der Waals surface area contributed by atoms with Crippen molar-refractivity contribution in [3.05, 3.63) is 22.8 Å². The summed E-state index contributed by atoms with van der Waals surface area (Å²) in [5.74, 6) is -0.525. The van der Waals surface area contributed by atoms with E-state index >= 15 is 0 Å². The number of anilines is 1. The van der Waals surface area contributed by atoms with E-state index in [4.69, 9.17) is 5.21 Å². The summed E-state index contributed by atoms with van der Waals surface area (Å²) in [5.41, 5.74) is 2.22. The number of nitrogens with zero attached hydrogens (tertiary/aromatic N) is 3. The van der Waals surface area contributed by atoms with E-state index in [1.165, 1.54) is 20.2 Å². The second kappa shape index (κ2) is 6.32. The van der Waals surface area contributed by atoms with E-state index < -0.39 is 15.9 Å². The molecule has 8 nitrogen and oxygen atoms in total. The number of nitrogens with one attached hydrogen (secondary N) is 1. The van der Waals surface area contributed by atoms with Gasteiger partial charge in [-0.25, -0.2) is 12.7 Å². The first-order valence-electron chi connectivity index (χ1n) is 7.11. The maximum absolute atomic E-state index is 12.7. The van der Waals surface area contributed by atoms with Gasteiger partial charge in [0.1, 0.15) is 0 Å². The lowest BCUT2D eigenvalue weighted by molar-refractivity contribution is -0.110. The Morgan fingerprint density at radius 3 is 2.58 bits per heavy atom. The Hall–Kier alpha value is -1.68. The maximum atomic E-state index is 12.7. The van der Waals surface area contributed by atoms with Crippen molar-refractivity contribution in [2.24, 2.45) is 5.16 Å². The minimum Gasteiger partial charge on any atom is -0.410 e. The van der Waals surface area contributed by atoms with Crippen molar-refractivity contribution in [2.45, 2.75) is 17.9 Å². The van der Waals surface area contributed by atoms with E-state index in [1.807, 2.05) is 11.9 Å². The van der Waals surface area contributed by atoms with Crippen molar-refractivity contribution >= 4 is 39.7 Å². The summed E-state index contributed by atoms with van der Waals surface area (Å²) in [5, 5.41) is 14.8. The first-order valence-corrected chi connectivity index (χ1v) is 8.55. The van der Waals surface area contributed by atoms with E-state index in [2.05, 4.69) is 10.5 Å². The summed E-state index contributed by atoms with van der Waals surface area (Å²) in [4.78, 5) is 14.1. The monoisotopic (exact) mass is 374 g/mol. The van der Waals surface area contributed by atoms with Crippen LogP contribution < -0.4 is 5.32 Å². The minimum atomic E-state index is -3.68. The number of sulfonamides is 1. The zero-order chi connectivity index (χ0) is 16.9. The van der Waals surface area contributed by atoms with Crippen LogP contribution in [0.3, 0.4) is 0 Å². The molecule has 3 rings (SSSR count). The van der Waals surface area contributed by atoms with E-state index in [1.54, 1.807) is 0 Å². The lowest BCUT2D eigenvalue weighted by atomic mass is 9.95. The van der Waals surface area contributed by atoms with Gasteiger partial charge in [0.05, 0.1) is 10.6 Å². The molecular formula is C14H19ClN4O4S. The highest BCUT2D eigenvalue weighted by Crippen LogP contribution is 2.38.